The first-order chi connectivity index (χ1) is 17.2. The molecule has 0 saturated carbocycles. The van der Waals surface area contributed by atoms with E-state index in [0.29, 0.717) is 29.2 Å². The summed E-state index contributed by atoms with van der Waals surface area (Å²) < 4.78 is 5.51. The first-order valence-corrected chi connectivity index (χ1v) is 12.2. The summed E-state index contributed by atoms with van der Waals surface area (Å²) in [6.45, 7) is 4.60. The lowest BCUT2D eigenvalue weighted by molar-refractivity contribution is -0.120. The second-order valence-corrected chi connectivity index (χ2v) is 8.71. The van der Waals surface area contributed by atoms with E-state index in [2.05, 4.69) is 22.3 Å². The molecule has 2 aliphatic rings. The van der Waals surface area contributed by atoms with Crippen molar-refractivity contribution in [1.82, 2.24) is 0 Å². The molecule has 3 aromatic rings. The summed E-state index contributed by atoms with van der Waals surface area (Å²) in [5.74, 6) is -0.0327. The number of carbonyl (C=O) groups is 2. The zero-order valence-corrected chi connectivity index (χ0v) is 19.9. The fourth-order valence-corrected chi connectivity index (χ4v) is 4.66. The van der Waals surface area contributed by atoms with Crippen LogP contribution in [0.1, 0.15) is 31.7 Å². The fraction of sp³-hybridized carbons (Fsp3) is 0.241. The molecule has 1 N–H and O–H groups in total. The summed E-state index contributed by atoms with van der Waals surface area (Å²) in [5, 5.41) is 3.26. The van der Waals surface area contributed by atoms with Gasteiger partial charge in [-0.15, -0.1) is 0 Å². The van der Waals surface area contributed by atoms with Crippen molar-refractivity contribution in [3.63, 3.8) is 0 Å². The van der Waals surface area contributed by atoms with Crippen molar-refractivity contribution in [2.24, 2.45) is 0 Å². The number of benzene rings is 3. The molecule has 6 heteroatoms. The summed E-state index contributed by atoms with van der Waals surface area (Å²) in [7, 11) is 0. The molecule has 0 aromatic heterocycles. The number of amides is 2. The summed E-state index contributed by atoms with van der Waals surface area (Å²) in [6.07, 6.45) is 3.71. The van der Waals surface area contributed by atoms with Gasteiger partial charge < -0.3 is 15.0 Å². The van der Waals surface area contributed by atoms with Crippen molar-refractivity contribution in [2.75, 3.05) is 34.8 Å². The lowest BCUT2D eigenvalue weighted by Crippen LogP contribution is -2.32. The Morgan fingerprint density at radius 2 is 1.43 bits per heavy atom. The number of carbonyl (C=O) groups excluding carboxylic acids is 2. The average molecular weight is 468 g/mol. The minimum atomic E-state index is -0.377. The van der Waals surface area contributed by atoms with Crippen molar-refractivity contribution < 1.29 is 14.3 Å². The number of hydrogen-bond donors (Lipinski definition) is 1. The minimum Gasteiger partial charge on any atom is -0.494 e. The normalized spacial score (nSPS) is 16.1. The van der Waals surface area contributed by atoms with Crippen molar-refractivity contribution in [1.29, 1.82) is 0 Å². The van der Waals surface area contributed by atoms with Crippen LogP contribution in [0.2, 0.25) is 0 Å². The maximum atomic E-state index is 13.6. The Bertz CT molecular complexity index is 1230. The van der Waals surface area contributed by atoms with Gasteiger partial charge in [-0.3, -0.25) is 9.59 Å². The molecule has 2 amide bonds. The largest absolute Gasteiger partial charge is 0.494 e. The number of piperidine rings is 1. The van der Waals surface area contributed by atoms with Gasteiger partial charge in [0.1, 0.15) is 11.4 Å². The van der Waals surface area contributed by atoms with E-state index in [-0.39, 0.29) is 17.5 Å². The average Bonchev–Trinajstić information content (AvgIpc) is 3.15. The van der Waals surface area contributed by atoms with E-state index in [1.807, 2.05) is 49.4 Å². The van der Waals surface area contributed by atoms with Crippen molar-refractivity contribution in [3.8, 4) is 5.75 Å². The van der Waals surface area contributed by atoms with Crippen LogP contribution < -0.4 is 19.9 Å². The molecular formula is C29H29N3O3. The number of imide groups is 1. The standard InChI is InChI=1S/C29H29N3O3/c1-2-35-25-17-15-24(16-18-25)32-28(33)26(21-9-5-3-6-10-21)27(29(32)34)30-22-11-13-23(14-12-22)31-19-7-4-8-20-31/h3,5-6,9-18,30H,2,4,7-8,19-20H2,1H3. The molecule has 0 bridgehead atoms. The molecular weight excluding hydrogens is 438 g/mol. The number of nitrogens with one attached hydrogen (secondary N) is 1. The van der Waals surface area contributed by atoms with Crippen LogP contribution in [0.3, 0.4) is 0 Å². The van der Waals surface area contributed by atoms with Crippen LogP contribution in [0, 0.1) is 0 Å². The topological polar surface area (TPSA) is 61.9 Å². The molecule has 1 saturated heterocycles. The van der Waals surface area contributed by atoms with E-state index in [4.69, 9.17) is 4.74 Å². The molecule has 2 aliphatic heterocycles. The highest BCUT2D eigenvalue weighted by atomic mass is 16.5. The Morgan fingerprint density at radius 3 is 2.09 bits per heavy atom. The molecule has 0 atom stereocenters. The van der Waals surface area contributed by atoms with Gasteiger partial charge in [0.15, 0.2) is 0 Å². The van der Waals surface area contributed by atoms with Gasteiger partial charge >= 0.3 is 0 Å². The Hall–Kier alpha value is -4.06. The molecule has 3 aromatic carbocycles. The monoisotopic (exact) mass is 467 g/mol. The summed E-state index contributed by atoms with van der Waals surface area (Å²) in [6, 6.07) is 24.4. The molecule has 2 heterocycles. The molecule has 6 nitrogen and oxygen atoms in total. The number of nitrogens with zero attached hydrogens (tertiary/aromatic N) is 2. The lowest BCUT2D eigenvalue weighted by Gasteiger charge is -2.28. The summed E-state index contributed by atoms with van der Waals surface area (Å²) >= 11 is 0. The van der Waals surface area contributed by atoms with E-state index < -0.39 is 0 Å². The molecule has 0 aliphatic carbocycles. The Balaban J connectivity index is 1.45. The number of ether oxygens (including phenoxy) is 1. The van der Waals surface area contributed by atoms with E-state index in [0.717, 1.165) is 18.8 Å². The van der Waals surface area contributed by atoms with Crippen LogP contribution in [-0.4, -0.2) is 31.5 Å². The SMILES string of the molecule is CCOc1ccc(N2C(=O)C(Nc3ccc(N4CCCCC4)cc3)=C(c3ccccc3)C2=O)cc1. The molecule has 35 heavy (non-hydrogen) atoms. The zero-order valence-electron chi connectivity index (χ0n) is 19.9. The fourth-order valence-electron chi connectivity index (χ4n) is 4.66. The van der Waals surface area contributed by atoms with E-state index in [1.54, 1.807) is 24.3 Å². The Kier molecular flexibility index (Phi) is 6.53. The number of rotatable bonds is 7. The predicted octanol–water partition coefficient (Wildman–Crippen LogP) is 5.47. The van der Waals surface area contributed by atoms with Gasteiger partial charge in [-0.25, -0.2) is 4.90 Å². The second kappa shape index (κ2) is 10.1. The lowest BCUT2D eigenvalue weighted by atomic mass is 10.0. The van der Waals surface area contributed by atoms with Gasteiger partial charge in [0.05, 0.1) is 17.9 Å². The van der Waals surface area contributed by atoms with Crippen LogP contribution in [0.25, 0.3) is 5.57 Å². The second-order valence-electron chi connectivity index (χ2n) is 8.71. The van der Waals surface area contributed by atoms with Crippen LogP contribution in [0.4, 0.5) is 17.1 Å². The molecule has 5 rings (SSSR count). The quantitative estimate of drug-likeness (QED) is 0.467. The first-order valence-electron chi connectivity index (χ1n) is 12.2. The highest BCUT2D eigenvalue weighted by Gasteiger charge is 2.40. The molecule has 0 radical (unpaired) electrons. The van der Waals surface area contributed by atoms with Crippen LogP contribution in [-0.2, 0) is 9.59 Å². The van der Waals surface area contributed by atoms with Gasteiger partial charge in [0.25, 0.3) is 11.8 Å². The third-order valence-electron chi connectivity index (χ3n) is 6.41. The zero-order chi connectivity index (χ0) is 24.2. The van der Waals surface area contributed by atoms with Crippen molar-refractivity contribution in [3.05, 3.63) is 90.1 Å². The van der Waals surface area contributed by atoms with Crippen LogP contribution >= 0.6 is 0 Å². The van der Waals surface area contributed by atoms with E-state index in [9.17, 15) is 9.59 Å². The Labute approximate surface area is 205 Å². The first kappa shape index (κ1) is 22.7. The highest BCUT2D eigenvalue weighted by Crippen LogP contribution is 2.34. The molecule has 0 spiro atoms. The minimum absolute atomic E-state index is 0.279. The van der Waals surface area contributed by atoms with Gasteiger partial charge in [-0.2, -0.15) is 0 Å². The van der Waals surface area contributed by atoms with Crippen LogP contribution in [0.15, 0.2) is 84.6 Å². The van der Waals surface area contributed by atoms with Gasteiger partial charge in [-0.05, 0) is 80.3 Å². The van der Waals surface area contributed by atoms with Crippen LogP contribution in [0.5, 0.6) is 5.75 Å². The predicted molar refractivity (Wildman–Crippen MR) is 140 cm³/mol. The third-order valence-corrected chi connectivity index (χ3v) is 6.41. The summed E-state index contributed by atoms with van der Waals surface area (Å²) in [4.78, 5) is 30.7. The maximum absolute atomic E-state index is 13.6. The van der Waals surface area contributed by atoms with E-state index >= 15 is 0 Å². The third kappa shape index (κ3) is 4.64. The van der Waals surface area contributed by atoms with E-state index in [1.165, 1.54) is 29.8 Å². The van der Waals surface area contributed by atoms with Crippen molar-refractivity contribution in [2.45, 2.75) is 26.2 Å². The summed E-state index contributed by atoms with van der Waals surface area (Å²) in [5.41, 5.74) is 3.80. The number of hydrogen-bond acceptors (Lipinski definition) is 5. The highest BCUT2D eigenvalue weighted by molar-refractivity contribution is 6.46. The van der Waals surface area contributed by atoms with Gasteiger partial charge in [-0.1, -0.05) is 30.3 Å². The molecule has 1 fully saturated rings. The molecule has 178 valence electrons. The smallest absolute Gasteiger partial charge is 0.282 e. The van der Waals surface area contributed by atoms with Crippen molar-refractivity contribution >= 4 is 34.4 Å². The Morgan fingerprint density at radius 1 is 0.771 bits per heavy atom. The maximum Gasteiger partial charge on any atom is 0.282 e. The van der Waals surface area contributed by atoms with Gasteiger partial charge in [0, 0.05) is 24.5 Å². The number of anilines is 3. The molecule has 0 unspecified atom stereocenters. The van der Waals surface area contributed by atoms with Gasteiger partial charge in [0.2, 0.25) is 0 Å².